The Bertz CT molecular complexity index is 1720. The van der Waals surface area contributed by atoms with Gasteiger partial charge in [-0.25, -0.2) is 4.63 Å². The lowest BCUT2D eigenvalue weighted by molar-refractivity contribution is 0.316. The van der Waals surface area contributed by atoms with Gasteiger partial charge in [0.2, 0.25) is 0 Å². The zero-order valence-corrected chi connectivity index (χ0v) is 20.3. The van der Waals surface area contributed by atoms with Gasteiger partial charge in [0.15, 0.2) is 0 Å². The second-order valence-corrected chi connectivity index (χ2v) is 13.4. The van der Waals surface area contributed by atoms with Crippen LogP contribution in [-0.4, -0.2) is 10.3 Å². The Labute approximate surface area is 198 Å². The van der Waals surface area contributed by atoms with Gasteiger partial charge >= 0.3 is 0 Å². The third-order valence-corrected chi connectivity index (χ3v) is 12.4. The van der Waals surface area contributed by atoms with E-state index in [9.17, 15) is 0 Å². The first-order chi connectivity index (χ1) is 15.3. The minimum Gasteiger partial charge on any atom is -0.243 e. The molecule has 0 saturated carbocycles. The highest BCUT2D eigenvalue weighted by Crippen LogP contribution is 2.49. The van der Waals surface area contributed by atoms with Crippen LogP contribution >= 0.6 is 68.0 Å². The average molecular weight is 509 g/mol. The minimum absolute atomic E-state index is 0.861. The van der Waals surface area contributed by atoms with Crippen LogP contribution in [0.1, 0.15) is 0 Å². The molecule has 0 unspecified atom stereocenters. The molecule has 0 N–H and O–H groups in total. The molecule has 7 heterocycles. The number of nitrogens with zero attached hydrogens (tertiary/aromatic N) is 2. The summed E-state index contributed by atoms with van der Waals surface area (Å²) in [6.07, 6.45) is 0. The standard InChI is InChI=1S/C22H8N2OS6/c1-3-26-13-7-17(28-11(1)13)15-5-9-19-20(24-25-23-19)10-6-16(31-22(10)21(9)30-15)18-8-14-12(29-18)2-4-27-14/h1-8H. The number of fused-ring (bicyclic) bond motifs is 8. The van der Waals surface area contributed by atoms with Gasteiger partial charge in [-0.3, -0.25) is 0 Å². The average Bonchev–Trinajstić information content (AvgIpc) is 3.58. The molecule has 31 heavy (non-hydrogen) atoms. The Morgan fingerprint density at radius 1 is 0.548 bits per heavy atom. The quantitative estimate of drug-likeness (QED) is 0.233. The van der Waals surface area contributed by atoms with Crippen LogP contribution in [0.4, 0.5) is 0 Å². The molecule has 0 aliphatic heterocycles. The molecule has 0 atom stereocenters. The third-order valence-electron chi connectivity index (χ3n) is 5.43. The van der Waals surface area contributed by atoms with Crippen molar-refractivity contribution in [2.24, 2.45) is 0 Å². The van der Waals surface area contributed by atoms with Crippen LogP contribution in [0.15, 0.2) is 51.8 Å². The number of hydrogen-bond donors (Lipinski definition) is 0. The highest BCUT2D eigenvalue weighted by atomic mass is 32.1. The van der Waals surface area contributed by atoms with Crippen molar-refractivity contribution in [1.82, 2.24) is 10.3 Å². The maximum Gasteiger partial charge on any atom is 0.144 e. The first-order valence-corrected chi connectivity index (χ1v) is 14.4. The van der Waals surface area contributed by atoms with Gasteiger partial charge in [0, 0.05) is 49.1 Å². The summed E-state index contributed by atoms with van der Waals surface area (Å²) in [6, 6.07) is 13.6. The van der Waals surface area contributed by atoms with Crippen LogP contribution in [0.2, 0.25) is 0 Å². The minimum atomic E-state index is 0.861. The SMILES string of the molecule is c1cc2sc(-c3cc4c5nonc5c5cc(-c6cc7sccc7s6)sc5c4s3)cc2s1. The Kier molecular flexibility index (Phi) is 3.49. The van der Waals surface area contributed by atoms with Gasteiger partial charge < -0.3 is 0 Å². The monoisotopic (exact) mass is 508 g/mol. The van der Waals surface area contributed by atoms with Gasteiger partial charge in [0.25, 0.3) is 0 Å². The highest BCUT2D eigenvalue weighted by Gasteiger charge is 2.21. The van der Waals surface area contributed by atoms with Gasteiger partial charge in [-0.05, 0) is 57.5 Å². The van der Waals surface area contributed by atoms with Crippen molar-refractivity contribution >= 4 is 118 Å². The van der Waals surface area contributed by atoms with E-state index in [1.165, 1.54) is 47.7 Å². The van der Waals surface area contributed by atoms with E-state index in [1.54, 1.807) is 22.7 Å². The predicted octanol–water partition coefficient (Wildman–Crippen LogP) is 9.54. The lowest BCUT2D eigenvalue weighted by Gasteiger charge is -1.92. The summed E-state index contributed by atoms with van der Waals surface area (Å²) in [5.41, 5.74) is 1.72. The van der Waals surface area contributed by atoms with Crippen molar-refractivity contribution in [2.45, 2.75) is 0 Å². The Morgan fingerprint density at radius 3 is 1.52 bits per heavy atom. The maximum absolute atomic E-state index is 5.20. The molecule has 0 radical (unpaired) electrons. The summed E-state index contributed by atoms with van der Waals surface area (Å²) >= 11 is 11.0. The topological polar surface area (TPSA) is 38.9 Å². The zero-order valence-electron chi connectivity index (χ0n) is 15.4. The zero-order chi connectivity index (χ0) is 20.1. The lowest BCUT2D eigenvalue weighted by atomic mass is 10.1. The maximum atomic E-state index is 5.20. The number of hydrogen-bond acceptors (Lipinski definition) is 9. The highest BCUT2D eigenvalue weighted by molar-refractivity contribution is 7.35. The molecule has 0 aliphatic carbocycles. The van der Waals surface area contributed by atoms with Crippen LogP contribution in [0.3, 0.4) is 0 Å². The number of rotatable bonds is 2. The van der Waals surface area contributed by atoms with Crippen LogP contribution in [-0.2, 0) is 0 Å². The van der Waals surface area contributed by atoms with E-state index < -0.39 is 0 Å². The summed E-state index contributed by atoms with van der Waals surface area (Å²) in [5, 5.41) is 15.2. The van der Waals surface area contributed by atoms with E-state index >= 15 is 0 Å². The fourth-order valence-corrected chi connectivity index (χ4v) is 10.9. The van der Waals surface area contributed by atoms with Gasteiger partial charge in [0.05, 0.1) is 9.40 Å². The molecule has 3 nitrogen and oxygen atoms in total. The van der Waals surface area contributed by atoms with Crippen LogP contribution in [0.5, 0.6) is 0 Å². The molecule has 0 amide bonds. The Hall–Kier alpha value is -2.14. The number of benzene rings is 1. The Morgan fingerprint density at radius 2 is 1.03 bits per heavy atom. The fraction of sp³-hybridized carbons (Fsp3) is 0. The fourth-order valence-electron chi connectivity index (χ4n) is 4.03. The van der Waals surface area contributed by atoms with Crippen molar-refractivity contribution < 1.29 is 4.63 Å². The largest absolute Gasteiger partial charge is 0.243 e. The van der Waals surface area contributed by atoms with E-state index in [-0.39, 0.29) is 0 Å². The van der Waals surface area contributed by atoms with Crippen molar-refractivity contribution in [3.63, 3.8) is 0 Å². The summed E-state index contributed by atoms with van der Waals surface area (Å²) in [4.78, 5) is 5.20. The van der Waals surface area contributed by atoms with Crippen molar-refractivity contribution in [3.8, 4) is 19.5 Å². The van der Waals surface area contributed by atoms with Crippen molar-refractivity contribution in [3.05, 3.63) is 47.2 Å². The molecular formula is C22H8N2OS6. The summed E-state index contributed by atoms with van der Waals surface area (Å²) in [6.45, 7) is 0. The van der Waals surface area contributed by atoms with E-state index in [2.05, 4.69) is 57.5 Å². The Balaban J connectivity index is 1.42. The van der Waals surface area contributed by atoms with E-state index in [4.69, 9.17) is 4.63 Å². The van der Waals surface area contributed by atoms with Crippen molar-refractivity contribution in [2.75, 3.05) is 0 Å². The molecule has 0 spiro atoms. The molecule has 1 aromatic carbocycles. The van der Waals surface area contributed by atoms with E-state index in [0.29, 0.717) is 0 Å². The molecule has 8 rings (SSSR count). The van der Waals surface area contributed by atoms with Crippen LogP contribution in [0.25, 0.3) is 69.5 Å². The molecule has 0 aliphatic rings. The van der Waals surface area contributed by atoms with Crippen LogP contribution in [0, 0.1) is 0 Å². The second kappa shape index (κ2) is 6.22. The number of thiophene rings is 6. The first kappa shape index (κ1) is 17.4. The predicted molar refractivity (Wildman–Crippen MR) is 140 cm³/mol. The number of aromatic nitrogens is 2. The van der Waals surface area contributed by atoms with E-state index in [1.807, 2.05) is 45.3 Å². The summed E-state index contributed by atoms with van der Waals surface area (Å²) < 4.78 is 13.2. The van der Waals surface area contributed by atoms with Gasteiger partial charge in [0.1, 0.15) is 11.0 Å². The van der Waals surface area contributed by atoms with E-state index in [0.717, 1.165) is 21.8 Å². The molecule has 7 aromatic heterocycles. The lowest BCUT2D eigenvalue weighted by Crippen LogP contribution is -1.72. The van der Waals surface area contributed by atoms with Crippen LogP contribution < -0.4 is 0 Å². The molecular weight excluding hydrogens is 501 g/mol. The first-order valence-electron chi connectivity index (χ1n) is 9.38. The normalized spacial score (nSPS) is 12.5. The van der Waals surface area contributed by atoms with Gasteiger partial charge in [-0.1, -0.05) is 0 Å². The smallest absolute Gasteiger partial charge is 0.144 e. The molecule has 9 heteroatoms. The van der Waals surface area contributed by atoms with Gasteiger partial charge in [-0.2, -0.15) is 0 Å². The van der Waals surface area contributed by atoms with Gasteiger partial charge in [-0.15, -0.1) is 68.0 Å². The second-order valence-electron chi connectivity index (χ2n) is 7.19. The molecule has 0 fully saturated rings. The third kappa shape index (κ3) is 2.41. The molecule has 0 saturated heterocycles. The van der Waals surface area contributed by atoms with Crippen molar-refractivity contribution in [1.29, 1.82) is 0 Å². The molecule has 0 bridgehead atoms. The molecule has 8 aromatic rings. The summed E-state index contributed by atoms with van der Waals surface area (Å²) in [7, 11) is 0. The molecule has 148 valence electrons. The summed E-state index contributed by atoms with van der Waals surface area (Å²) in [5.74, 6) is 0.